The van der Waals surface area contributed by atoms with E-state index in [2.05, 4.69) is 4.98 Å². The maximum atomic E-state index is 13.9. The van der Waals surface area contributed by atoms with E-state index in [-0.39, 0.29) is 23.9 Å². The highest BCUT2D eigenvalue weighted by atomic mass is 16.2. The van der Waals surface area contributed by atoms with Crippen LogP contribution in [0.5, 0.6) is 0 Å². The van der Waals surface area contributed by atoms with Crippen LogP contribution in [0.15, 0.2) is 79.1 Å². The second-order valence-corrected chi connectivity index (χ2v) is 8.19. The highest BCUT2D eigenvalue weighted by Crippen LogP contribution is 2.58. The summed E-state index contributed by atoms with van der Waals surface area (Å²) in [5.41, 5.74) is 2.38. The van der Waals surface area contributed by atoms with Crippen molar-refractivity contribution in [2.75, 3.05) is 0 Å². The lowest BCUT2D eigenvalue weighted by Gasteiger charge is -2.59. The Labute approximate surface area is 176 Å². The number of hydrogen-bond acceptors (Lipinski definition) is 3. The summed E-state index contributed by atoms with van der Waals surface area (Å²) in [6.07, 6.45) is 3.53. The number of β-lactam (4-membered cyclic amide) rings is 1. The number of pyridine rings is 1. The summed E-state index contributed by atoms with van der Waals surface area (Å²) < 4.78 is 0. The first kappa shape index (κ1) is 18.6. The van der Waals surface area contributed by atoms with E-state index in [0.29, 0.717) is 12.1 Å². The normalized spacial score (nSPS) is 22.6. The summed E-state index contributed by atoms with van der Waals surface area (Å²) >= 11 is 0. The largest absolute Gasteiger partial charge is 0.326 e. The van der Waals surface area contributed by atoms with Crippen LogP contribution in [-0.4, -0.2) is 32.6 Å². The molecule has 2 aliphatic heterocycles. The van der Waals surface area contributed by atoms with E-state index in [0.717, 1.165) is 16.7 Å². The van der Waals surface area contributed by atoms with Gasteiger partial charge in [-0.3, -0.25) is 14.6 Å². The number of rotatable bonds is 4. The molecular formula is C25H23N3O2. The molecule has 30 heavy (non-hydrogen) atoms. The van der Waals surface area contributed by atoms with E-state index < -0.39 is 5.54 Å². The van der Waals surface area contributed by atoms with Gasteiger partial charge in [-0.05, 0) is 37.1 Å². The smallest absolute Gasteiger partial charge is 0.256 e. The molecule has 1 saturated heterocycles. The number of nitrogens with zero attached hydrogens (tertiary/aromatic N) is 3. The zero-order valence-electron chi connectivity index (χ0n) is 17.0. The fourth-order valence-corrected chi connectivity index (χ4v) is 5.08. The van der Waals surface area contributed by atoms with E-state index in [1.807, 2.05) is 85.5 Å². The molecular weight excluding hydrogens is 374 g/mol. The van der Waals surface area contributed by atoms with Gasteiger partial charge in [0.15, 0.2) is 5.54 Å². The van der Waals surface area contributed by atoms with Crippen molar-refractivity contribution in [2.45, 2.75) is 38.0 Å². The SMILES string of the molecule is CC(C)N1C(=O)c2ccccc2[C@]12C(=O)N(Cc1ccccc1)[C@@H]2c1cccnc1. The Bertz CT molecular complexity index is 1110. The maximum absolute atomic E-state index is 13.9. The number of hydrogen-bond donors (Lipinski definition) is 0. The number of amides is 2. The van der Waals surface area contributed by atoms with Crippen LogP contribution in [0.4, 0.5) is 0 Å². The quantitative estimate of drug-likeness (QED) is 0.627. The van der Waals surface area contributed by atoms with E-state index >= 15 is 0 Å². The summed E-state index contributed by atoms with van der Waals surface area (Å²) in [6, 6.07) is 20.9. The Kier molecular flexibility index (Phi) is 4.21. The number of carbonyl (C=O) groups is 2. The van der Waals surface area contributed by atoms with Crippen LogP contribution in [0, 0.1) is 0 Å². The standard InChI is InChI=1S/C25H23N3O2/c1-17(2)28-23(29)20-12-6-7-13-21(20)25(28)22(19-11-8-14-26-15-19)27(24(25)30)16-18-9-4-3-5-10-18/h3-15,17,22H,16H2,1-2H3/t22-,25+/m1/s1. The minimum atomic E-state index is -1.03. The van der Waals surface area contributed by atoms with Crippen molar-refractivity contribution < 1.29 is 9.59 Å². The molecule has 5 rings (SSSR count). The molecule has 1 fully saturated rings. The van der Waals surface area contributed by atoms with E-state index in [9.17, 15) is 9.59 Å². The minimum Gasteiger partial charge on any atom is -0.326 e. The van der Waals surface area contributed by atoms with Gasteiger partial charge in [0.2, 0.25) is 0 Å². The molecule has 0 radical (unpaired) electrons. The third kappa shape index (κ3) is 2.38. The molecule has 3 aromatic rings. The molecule has 2 aromatic carbocycles. The average molecular weight is 397 g/mol. The third-order valence-electron chi connectivity index (χ3n) is 6.17. The molecule has 0 N–H and O–H groups in total. The third-order valence-corrected chi connectivity index (χ3v) is 6.17. The molecule has 0 aliphatic carbocycles. The van der Waals surface area contributed by atoms with Crippen molar-refractivity contribution >= 4 is 11.8 Å². The van der Waals surface area contributed by atoms with Gasteiger partial charge in [-0.25, -0.2) is 0 Å². The van der Waals surface area contributed by atoms with Gasteiger partial charge in [0.25, 0.3) is 11.8 Å². The Morgan fingerprint density at radius 1 is 0.967 bits per heavy atom. The zero-order chi connectivity index (χ0) is 20.9. The molecule has 5 nitrogen and oxygen atoms in total. The first-order valence-corrected chi connectivity index (χ1v) is 10.2. The fraction of sp³-hybridized carbons (Fsp3) is 0.240. The average Bonchev–Trinajstić information content (AvgIpc) is 3.06. The Balaban J connectivity index is 1.70. The van der Waals surface area contributed by atoms with Gasteiger partial charge in [0.05, 0.1) is 6.04 Å². The number of fused-ring (bicyclic) bond motifs is 2. The molecule has 2 amide bonds. The van der Waals surface area contributed by atoms with Crippen LogP contribution in [0.1, 0.15) is 46.9 Å². The molecule has 0 bridgehead atoms. The first-order valence-electron chi connectivity index (χ1n) is 10.2. The minimum absolute atomic E-state index is 0.0350. The number of likely N-dealkylation sites (tertiary alicyclic amines) is 1. The molecule has 2 aliphatic rings. The Hall–Kier alpha value is -3.47. The Morgan fingerprint density at radius 3 is 2.40 bits per heavy atom. The summed E-state index contributed by atoms with van der Waals surface area (Å²) in [5, 5.41) is 0. The number of benzene rings is 2. The molecule has 5 heteroatoms. The summed E-state index contributed by atoms with van der Waals surface area (Å²) in [4.78, 5) is 35.2. The van der Waals surface area contributed by atoms with Crippen molar-refractivity contribution in [2.24, 2.45) is 0 Å². The van der Waals surface area contributed by atoms with Crippen LogP contribution in [0.25, 0.3) is 0 Å². The topological polar surface area (TPSA) is 53.5 Å². The van der Waals surface area contributed by atoms with Gasteiger partial charge < -0.3 is 9.80 Å². The van der Waals surface area contributed by atoms with Gasteiger partial charge in [-0.15, -0.1) is 0 Å². The first-order chi connectivity index (χ1) is 14.6. The molecule has 150 valence electrons. The van der Waals surface area contributed by atoms with Gasteiger partial charge in [0.1, 0.15) is 0 Å². The van der Waals surface area contributed by atoms with E-state index in [1.54, 1.807) is 17.3 Å². The predicted molar refractivity (Wildman–Crippen MR) is 113 cm³/mol. The van der Waals surface area contributed by atoms with Gasteiger partial charge in [-0.1, -0.05) is 54.6 Å². The molecule has 2 atom stereocenters. The van der Waals surface area contributed by atoms with Crippen LogP contribution < -0.4 is 0 Å². The van der Waals surface area contributed by atoms with Crippen molar-refractivity contribution in [3.63, 3.8) is 0 Å². The van der Waals surface area contributed by atoms with Crippen LogP contribution in [0.2, 0.25) is 0 Å². The van der Waals surface area contributed by atoms with E-state index in [4.69, 9.17) is 0 Å². The summed E-state index contributed by atoms with van der Waals surface area (Å²) in [6.45, 7) is 4.43. The van der Waals surface area contributed by atoms with Crippen LogP contribution in [-0.2, 0) is 16.9 Å². The fourth-order valence-electron chi connectivity index (χ4n) is 5.08. The van der Waals surface area contributed by atoms with Crippen molar-refractivity contribution in [3.05, 3.63) is 101 Å². The lowest BCUT2D eigenvalue weighted by atomic mass is 9.70. The maximum Gasteiger partial charge on any atom is 0.256 e. The van der Waals surface area contributed by atoms with Crippen molar-refractivity contribution in [1.29, 1.82) is 0 Å². The van der Waals surface area contributed by atoms with Gasteiger partial charge in [-0.2, -0.15) is 0 Å². The lowest BCUT2D eigenvalue weighted by molar-refractivity contribution is -0.179. The van der Waals surface area contributed by atoms with Gasteiger partial charge in [0, 0.05) is 36.1 Å². The molecule has 1 spiro atoms. The van der Waals surface area contributed by atoms with Crippen molar-refractivity contribution in [1.82, 2.24) is 14.8 Å². The zero-order valence-corrected chi connectivity index (χ0v) is 17.0. The number of carbonyl (C=O) groups excluding carboxylic acids is 2. The summed E-state index contributed by atoms with van der Waals surface area (Å²) in [7, 11) is 0. The molecule has 1 aromatic heterocycles. The highest BCUT2D eigenvalue weighted by Gasteiger charge is 2.70. The monoisotopic (exact) mass is 397 g/mol. The number of aromatic nitrogens is 1. The van der Waals surface area contributed by atoms with Crippen LogP contribution in [0.3, 0.4) is 0 Å². The highest BCUT2D eigenvalue weighted by molar-refractivity contribution is 6.10. The molecule has 0 saturated carbocycles. The predicted octanol–water partition coefficient (Wildman–Crippen LogP) is 3.92. The van der Waals surface area contributed by atoms with Crippen molar-refractivity contribution in [3.8, 4) is 0 Å². The summed E-state index contributed by atoms with van der Waals surface area (Å²) in [5.74, 6) is -0.116. The van der Waals surface area contributed by atoms with Gasteiger partial charge >= 0.3 is 0 Å². The van der Waals surface area contributed by atoms with E-state index in [1.165, 1.54) is 0 Å². The molecule has 0 unspecified atom stereocenters. The Morgan fingerprint density at radius 2 is 1.70 bits per heavy atom. The lowest BCUT2D eigenvalue weighted by Crippen LogP contribution is -2.72. The molecule has 3 heterocycles. The second-order valence-electron chi connectivity index (χ2n) is 8.19. The van der Waals surface area contributed by atoms with Crippen LogP contribution >= 0.6 is 0 Å². The second kappa shape index (κ2) is 6.80.